The fourth-order valence-corrected chi connectivity index (χ4v) is 1.90. The number of nitrogens with one attached hydrogen (secondary N) is 2. The number of halogens is 2. The average molecular weight is 309 g/mol. The van der Waals surface area contributed by atoms with E-state index >= 15 is 0 Å². The molecule has 2 N–H and O–H groups in total. The first-order valence-corrected chi connectivity index (χ1v) is 6.94. The van der Waals surface area contributed by atoms with Gasteiger partial charge in [0.1, 0.15) is 0 Å². The molecule has 2 aromatic carbocycles. The maximum Gasteiger partial charge on any atom is 0.226 e. The quantitative estimate of drug-likeness (QED) is 0.857. The summed E-state index contributed by atoms with van der Waals surface area (Å²) in [5, 5.41) is 7.30. The summed E-state index contributed by atoms with van der Waals surface area (Å²) in [4.78, 5) is 11.7. The van der Waals surface area contributed by atoms with Gasteiger partial charge in [0.25, 0.3) is 0 Å². The molecule has 2 rings (SSSR count). The lowest BCUT2D eigenvalue weighted by molar-refractivity contribution is -0.115. The number of hydrogen-bond acceptors (Lipinski definition) is 2. The molecule has 20 heavy (non-hydrogen) atoms. The van der Waals surface area contributed by atoms with E-state index in [1.54, 1.807) is 36.4 Å². The Hall–Kier alpha value is -1.71. The van der Waals surface area contributed by atoms with Crippen LogP contribution < -0.4 is 10.6 Å². The minimum Gasteiger partial charge on any atom is -0.385 e. The summed E-state index contributed by atoms with van der Waals surface area (Å²) < 4.78 is 0. The van der Waals surface area contributed by atoms with Crippen molar-refractivity contribution in [3.63, 3.8) is 0 Å². The van der Waals surface area contributed by atoms with Crippen molar-refractivity contribution in [3.05, 3.63) is 58.6 Å². The molecule has 3 nitrogen and oxygen atoms in total. The summed E-state index contributed by atoms with van der Waals surface area (Å²) in [5.74, 6) is -0.0474. The summed E-state index contributed by atoms with van der Waals surface area (Å²) in [6, 6.07) is 14.4. The number of carbonyl (C=O) groups is 1. The van der Waals surface area contributed by atoms with Crippen LogP contribution in [0.15, 0.2) is 48.5 Å². The molecule has 0 heterocycles. The van der Waals surface area contributed by atoms with Gasteiger partial charge in [0.15, 0.2) is 0 Å². The SMILES string of the molecule is O=C(CCNc1ccc(Cl)cc1)Nc1ccc(Cl)cc1. The molecule has 0 aliphatic rings. The van der Waals surface area contributed by atoms with Crippen molar-refractivity contribution in [1.29, 1.82) is 0 Å². The van der Waals surface area contributed by atoms with Gasteiger partial charge in [-0.1, -0.05) is 23.2 Å². The Morgan fingerprint density at radius 1 is 0.850 bits per heavy atom. The third-order valence-electron chi connectivity index (χ3n) is 2.65. The zero-order chi connectivity index (χ0) is 14.4. The van der Waals surface area contributed by atoms with Gasteiger partial charge in [0.2, 0.25) is 5.91 Å². The molecule has 2 aromatic rings. The highest BCUT2D eigenvalue weighted by Crippen LogP contribution is 2.14. The van der Waals surface area contributed by atoms with Crippen molar-refractivity contribution in [1.82, 2.24) is 0 Å². The number of rotatable bonds is 5. The van der Waals surface area contributed by atoms with Crippen molar-refractivity contribution in [2.75, 3.05) is 17.2 Å². The number of carbonyl (C=O) groups excluding carboxylic acids is 1. The van der Waals surface area contributed by atoms with E-state index in [1.165, 1.54) is 0 Å². The Bertz CT molecular complexity index is 567. The monoisotopic (exact) mass is 308 g/mol. The fourth-order valence-electron chi connectivity index (χ4n) is 1.64. The van der Waals surface area contributed by atoms with Gasteiger partial charge in [-0.15, -0.1) is 0 Å². The second-order valence-electron chi connectivity index (χ2n) is 4.24. The summed E-state index contributed by atoms with van der Waals surface area (Å²) in [7, 11) is 0. The van der Waals surface area contributed by atoms with Gasteiger partial charge in [-0.25, -0.2) is 0 Å². The third-order valence-corrected chi connectivity index (χ3v) is 3.16. The predicted octanol–water partition coefficient (Wildman–Crippen LogP) is 4.43. The van der Waals surface area contributed by atoms with Crippen LogP contribution >= 0.6 is 23.2 Å². The molecule has 0 unspecified atom stereocenters. The minimum absolute atomic E-state index is 0.0474. The van der Waals surface area contributed by atoms with Gasteiger partial charge in [-0.2, -0.15) is 0 Å². The second kappa shape index (κ2) is 7.17. The van der Waals surface area contributed by atoms with Crippen LogP contribution in [-0.2, 0) is 4.79 Å². The van der Waals surface area contributed by atoms with E-state index in [0.29, 0.717) is 23.0 Å². The Kier molecular flexibility index (Phi) is 5.27. The van der Waals surface area contributed by atoms with E-state index in [2.05, 4.69) is 10.6 Å². The fraction of sp³-hybridized carbons (Fsp3) is 0.133. The van der Waals surface area contributed by atoms with Crippen LogP contribution in [0.25, 0.3) is 0 Å². The number of hydrogen-bond donors (Lipinski definition) is 2. The highest BCUT2D eigenvalue weighted by Gasteiger charge is 2.02. The summed E-state index contributed by atoms with van der Waals surface area (Å²) in [5.41, 5.74) is 1.68. The molecule has 0 atom stereocenters. The van der Waals surface area contributed by atoms with Gasteiger partial charge in [-0.3, -0.25) is 4.79 Å². The zero-order valence-corrected chi connectivity index (χ0v) is 12.2. The van der Waals surface area contributed by atoms with Crippen molar-refractivity contribution in [2.24, 2.45) is 0 Å². The molecule has 0 aromatic heterocycles. The summed E-state index contributed by atoms with van der Waals surface area (Å²) in [6.07, 6.45) is 0.380. The minimum atomic E-state index is -0.0474. The van der Waals surface area contributed by atoms with Gasteiger partial charge in [0.05, 0.1) is 0 Å². The van der Waals surface area contributed by atoms with Gasteiger partial charge in [-0.05, 0) is 48.5 Å². The first-order chi connectivity index (χ1) is 9.63. The first-order valence-electron chi connectivity index (χ1n) is 6.18. The Morgan fingerprint density at radius 3 is 1.90 bits per heavy atom. The summed E-state index contributed by atoms with van der Waals surface area (Å²) >= 11 is 11.6. The van der Waals surface area contributed by atoms with Crippen LogP contribution in [-0.4, -0.2) is 12.5 Å². The molecule has 0 saturated heterocycles. The molecule has 0 bridgehead atoms. The van der Waals surface area contributed by atoms with E-state index in [4.69, 9.17) is 23.2 Å². The van der Waals surface area contributed by atoms with Crippen LogP contribution in [0.3, 0.4) is 0 Å². The molecule has 1 amide bonds. The van der Waals surface area contributed by atoms with Gasteiger partial charge in [0, 0.05) is 34.4 Å². The van der Waals surface area contributed by atoms with E-state index < -0.39 is 0 Å². The predicted molar refractivity (Wildman–Crippen MR) is 84.6 cm³/mol. The first kappa shape index (κ1) is 14.7. The molecule has 0 spiro atoms. The topological polar surface area (TPSA) is 41.1 Å². The molecule has 0 fully saturated rings. The molecular weight excluding hydrogens is 295 g/mol. The standard InChI is InChI=1S/C15H14Cl2N2O/c16-11-1-5-13(6-2-11)18-10-9-15(20)19-14-7-3-12(17)4-8-14/h1-8,18H,9-10H2,(H,19,20). The van der Waals surface area contributed by atoms with E-state index in [0.717, 1.165) is 11.4 Å². The van der Waals surface area contributed by atoms with Crippen molar-refractivity contribution in [2.45, 2.75) is 6.42 Å². The molecule has 0 radical (unpaired) electrons. The molecule has 104 valence electrons. The Morgan fingerprint density at radius 2 is 1.35 bits per heavy atom. The third kappa shape index (κ3) is 4.76. The Labute approximate surface area is 127 Å². The van der Waals surface area contributed by atoms with Crippen molar-refractivity contribution in [3.8, 4) is 0 Å². The normalized spacial score (nSPS) is 10.1. The van der Waals surface area contributed by atoms with E-state index in [-0.39, 0.29) is 5.91 Å². The number of benzene rings is 2. The Balaban J connectivity index is 1.75. The lowest BCUT2D eigenvalue weighted by Crippen LogP contribution is -2.16. The van der Waals surface area contributed by atoms with Crippen LogP contribution in [0.1, 0.15) is 6.42 Å². The second-order valence-corrected chi connectivity index (χ2v) is 5.11. The smallest absolute Gasteiger partial charge is 0.226 e. The number of amides is 1. The molecule has 0 saturated carbocycles. The van der Waals surface area contributed by atoms with Crippen LogP contribution in [0.5, 0.6) is 0 Å². The molecule has 5 heteroatoms. The lowest BCUT2D eigenvalue weighted by Gasteiger charge is -2.07. The molecule has 0 aliphatic heterocycles. The van der Waals surface area contributed by atoms with Crippen LogP contribution in [0.2, 0.25) is 10.0 Å². The van der Waals surface area contributed by atoms with E-state index in [9.17, 15) is 4.79 Å². The van der Waals surface area contributed by atoms with Crippen molar-refractivity contribution >= 4 is 40.5 Å². The highest BCUT2D eigenvalue weighted by atomic mass is 35.5. The van der Waals surface area contributed by atoms with E-state index in [1.807, 2.05) is 12.1 Å². The van der Waals surface area contributed by atoms with Crippen LogP contribution in [0, 0.1) is 0 Å². The highest BCUT2D eigenvalue weighted by molar-refractivity contribution is 6.30. The average Bonchev–Trinajstić information content (AvgIpc) is 2.44. The van der Waals surface area contributed by atoms with Gasteiger partial charge < -0.3 is 10.6 Å². The van der Waals surface area contributed by atoms with Gasteiger partial charge >= 0.3 is 0 Å². The van der Waals surface area contributed by atoms with Crippen molar-refractivity contribution < 1.29 is 4.79 Å². The molecular formula is C15H14Cl2N2O. The zero-order valence-electron chi connectivity index (χ0n) is 10.7. The molecule has 0 aliphatic carbocycles. The maximum absolute atomic E-state index is 11.7. The summed E-state index contributed by atoms with van der Waals surface area (Å²) in [6.45, 7) is 0.557. The number of anilines is 2. The lowest BCUT2D eigenvalue weighted by atomic mass is 10.3. The van der Waals surface area contributed by atoms with Crippen LogP contribution in [0.4, 0.5) is 11.4 Å². The largest absolute Gasteiger partial charge is 0.385 e. The maximum atomic E-state index is 11.7.